The third-order valence-corrected chi connectivity index (χ3v) is 1.64. The summed E-state index contributed by atoms with van der Waals surface area (Å²) in [6.45, 7) is 5.91. The standard InChI is InChI=1S/C10H13NO2/c1-3-5-8-9(4-2)13-7-6-10(12)11-8/h3-5H,2,6-7H2,1H3,(H,11,12)/b5-3-. The number of hydrogen-bond donors (Lipinski definition) is 1. The maximum absolute atomic E-state index is 11.1. The summed E-state index contributed by atoms with van der Waals surface area (Å²) < 4.78 is 5.31. The molecule has 0 aromatic heterocycles. The Morgan fingerprint density at radius 2 is 2.38 bits per heavy atom. The van der Waals surface area contributed by atoms with Gasteiger partial charge in [0.15, 0.2) is 0 Å². The fraction of sp³-hybridized carbons (Fsp3) is 0.300. The molecule has 0 fully saturated rings. The molecular weight excluding hydrogens is 166 g/mol. The van der Waals surface area contributed by atoms with Gasteiger partial charge in [-0.05, 0) is 19.1 Å². The molecule has 3 heteroatoms. The number of rotatable bonds is 2. The average molecular weight is 179 g/mol. The Bertz CT molecular complexity index is 277. The number of allylic oxidation sites excluding steroid dienone is 3. The zero-order valence-corrected chi connectivity index (χ0v) is 7.67. The van der Waals surface area contributed by atoms with Crippen molar-refractivity contribution in [1.29, 1.82) is 0 Å². The van der Waals surface area contributed by atoms with E-state index in [0.717, 1.165) is 0 Å². The van der Waals surface area contributed by atoms with Gasteiger partial charge in [0.2, 0.25) is 5.91 Å². The molecule has 0 spiro atoms. The van der Waals surface area contributed by atoms with Gasteiger partial charge in [-0.1, -0.05) is 12.7 Å². The van der Waals surface area contributed by atoms with Crippen molar-refractivity contribution < 1.29 is 9.53 Å². The first-order valence-electron chi connectivity index (χ1n) is 4.20. The number of ether oxygens (including phenoxy) is 1. The van der Waals surface area contributed by atoms with E-state index in [9.17, 15) is 4.79 Å². The third kappa shape index (κ3) is 2.47. The monoisotopic (exact) mass is 179 g/mol. The predicted octanol–water partition coefficient (Wildman–Crippen LogP) is 1.50. The lowest BCUT2D eigenvalue weighted by Crippen LogP contribution is -2.20. The normalized spacial score (nSPS) is 18.1. The van der Waals surface area contributed by atoms with E-state index in [-0.39, 0.29) is 5.91 Å². The van der Waals surface area contributed by atoms with Crippen molar-refractivity contribution in [2.24, 2.45) is 0 Å². The molecule has 0 aromatic carbocycles. The molecule has 1 aliphatic rings. The highest BCUT2D eigenvalue weighted by Crippen LogP contribution is 2.10. The number of carbonyl (C=O) groups excluding carboxylic acids is 1. The van der Waals surface area contributed by atoms with Gasteiger partial charge >= 0.3 is 0 Å². The van der Waals surface area contributed by atoms with Crippen molar-refractivity contribution >= 4 is 5.91 Å². The Hall–Kier alpha value is -1.51. The van der Waals surface area contributed by atoms with Crippen molar-refractivity contribution in [3.05, 3.63) is 36.3 Å². The van der Waals surface area contributed by atoms with Crippen molar-refractivity contribution in [3.63, 3.8) is 0 Å². The van der Waals surface area contributed by atoms with Gasteiger partial charge in [-0.2, -0.15) is 0 Å². The lowest BCUT2D eigenvalue weighted by molar-refractivity contribution is -0.120. The van der Waals surface area contributed by atoms with E-state index in [0.29, 0.717) is 24.5 Å². The van der Waals surface area contributed by atoms with Crippen LogP contribution in [0.25, 0.3) is 0 Å². The lowest BCUT2D eigenvalue weighted by Gasteiger charge is -2.05. The lowest BCUT2D eigenvalue weighted by atomic mass is 10.3. The Balaban J connectivity index is 2.93. The number of hydrogen-bond acceptors (Lipinski definition) is 2. The molecule has 1 N–H and O–H groups in total. The molecule has 0 unspecified atom stereocenters. The van der Waals surface area contributed by atoms with Crippen LogP contribution < -0.4 is 5.32 Å². The SMILES string of the molecule is C=CC1=C(/C=C\C)NC(=O)CCO1. The highest BCUT2D eigenvalue weighted by molar-refractivity contribution is 5.79. The molecule has 0 aromatic rings. The number of carbonyl (C=O) groups is 1. The van der Waals surface area contributed by atoms with Gasteiger partial charge in [0, 0.05) is 0 Å². The Morgan fingerprint density at radius 1 is 1.62 bits per heavy atom. The molecule has 0 atom stereocenters. The third-order valence-electron chi connectivity index (χ3n) is 1.64. The van der Waals surface area contributed by atoms with E-state index < -0.39 is 0 Å². The smallest absolute Gasteiger partial charge is 0.227 e. The maximum atomic E-state index is 11.1. The second-order valence-electron chi connectivity index (χ2n) is 2.63. The molecule has 3 nitrogen and oxygen atoms in total. The van der Waals surface area contributed by atoms with Gasteiger partial charge in [0.25, 0.3) is 0 Å². The highest BCUT2D eigenvalue weighted by atomic mass is 16.5. The quantitative estimate of drug-likeness (QED) is 0.697. The summed E-state index contributed by atoms with van der Waals surface area (Å²) in [4.78, 5) is 11.1. The minimum Gasteiger partial charge on any atom is -0.491 e. The molecular formula is C10H13NO2. The van der Waals surface area contributed by atoms with E-state index in [4.69, 9.17) is 4.74 Å². The van der Waals surface area contributed by atoms with Gasteiger partial charge in [-0.15, -0.1) is 0 Å². The Labute approximate surface area is 77.8 Å². The van der Waals surface area contributed by atoms with Crippen LogP contribution in [0.5, 0.6) is 0 Å². The minimum absolute atomic E-state index is 0.0232. The topological polar surface area (TPSA) is 38.3 Å². The zero-order valence-electron chi connectivity index (χ0n) is 7.67. The Morgan fingerprint density at radius 3 is 3.00 bits per heavy atom. The summed E-state index contributed by atoms with van der Waals surface area (Å²) >= 11 is 0. The molecule has 13 heavy (non-hydrogen) atoms. The van der Waals surface area contributed by atoms with Crippen LogP contribution >= 0.6 is 0 Å². The van der Waals surface area contributed by atoms with Gasteiger partial charge in [0.1, 0.15) is 5.76 Å². The molecule has 70 valence electrons. The molecule has 0 saturated heterocycles. The van der Waals surface area contributed by atoms with Crippen LogP contribution in [0.3, 0.4) is 0 Å². The van der Waals surface area contributed by atoms with Crippen molar-refractivity contribution in [1.82, 2.24) is 5.32 Å². The van der Waals surface area contributed by atoms with E-state index in [1.165, 1.54) is 0 Å². The first-order chi connectivity index (χ1) is 6.27. The van der Waals surface area contributed by atoms with Gasteiger partial charge in [-0.3, -0.25) is 4.79 Å². The van der Waals surface area contributed by atoms with Crippen molar-refractivity contribution in [3.8, 4) is 0 Å². The zero-order chi connectivity index (χ0) is 9.68. The van der Waals surface area contributed by atoms with Gasteiger partial charge in [-0.25, -0.2) is 0 Å². The first kappa shape index (κ1) is 9.58. The van der Waals surface area contributed by atoms with Crippen LogP contribution in [0.2, 0.25) is 0 Å². The minimum atomic E-state index is -0.0232. The number of amides is 1. The van der Waals surface area contributed by atoms with Crippen LogP contribution in [-0.4, -0.2) is 12.5 Å². The molecule has 1 rings (SSSR count). The molecule has 1 aliphatic heterocycles. The summed E-state index contributed by atoms with van der Waals surface area (Å²) in [6, 6.07) is 0. The first-order valence-corrected chi connectivity index (χ1v) is 4.20. The second kappa shape index (κ2) is 4.50. The molecule has 0 radical (unpaired) electrons. The summed E-state index contributed by atoms with van der Waals surface area (Å²) in [7, 11) is 0. The summed E-state index contributed by atoms with van der Waals surface area (Å²) in [6.07, 6.45) is 5.62. The summed E-state index contributed by atoms with van der Waals surface area (Å²) in [5, 5.41) is 2.74. The average Bonchev–Trinajstić information content (AvgIpc) is 2.28. The van der Waals surface area contributed by atoms with Gasteiger partial charge in [0.05, 0.1) is 18.7 Å². The van der Waals surface area contributed by atoms with Crippen LogP contribution in [0.15, 0.2) is 36.3 Å². The summed E-state index contributed by atoms with van der Waals surface area (Å²) in [5.74, 6) is 0.605. The van der Waals surface area contributed by atoms with E-state index in [2.05, 4.69) is 11.9 Å². The van der Waals surface area contributed by atoms with Crippen LogP contribution in [-0.2, 0) is 9.53 Å². The van der Waals surface area contributed by atoms with Crippen molar-refractivity contribution in [2.45, 2.75) is 13.3 Å². The van der Waals surface area contributed by atoms with E-state index >= 15 is 0 Å². The fourth-order valence-electron chi connectivity index (χ4n) is 1.07. The van der Waals surface area contributed by atoms with Crippen LogP contribution in [0, 0.1) is 0 Å². The van der Waals surface area contributed by atoms with Gasteiger partial charge < -0.3 is 10.1 Å². The number of nitrogens with one attached hydrogen (secondary N) is 1. The molecule has 0 saturated carbocycles. The molecule has 0 bridgehead atoms. The van der Waals surface area contributed by atoms with E-state index in [1.807, 2.05) is 13.0 Å². The van der Waals surface area contributed by atoms with E-state index in [1.54, 1.807) is 12.2 Å². The Kier molecular flexibility index (Phi) is 3.31. The van der Waals surface area contributed by atoms with Crippen LogP contribution in [0.4, 0.5) is 0 Å². The van der Waals surface area contributed by atoms with Crippen LogP contribution in [0.1, 0.15) is 13.3 Å². The molecule has 0 aliphatic carbocycles. The predicted molar refractivity (Wildman–Crippen MR) is 50.7 cm³/mol. The summed E-state index contributed by atoms with van der Waals surface area (Å²) in [5.41, 5.74) is 0.681. The largest absolute Gasteiger partial charge is 0.491 e. The fourth-order valence-corrected chi connectivity index (χ4v) is 1.07. The highest BCUT2D eigenvalue weighted by Gasteiger charge is 2.12. The maximum Gasteiger partial charge on any atom is 0.227 e. The molecule has 1 amide bonds. The second-order valence-corrected chi connectivity index (χ2v) is 2.63. The molecule has 1 heterocycles. The van der Waals surface area contributed by atoms with Crippen molar-refractivity contribution in [2.75, 3.05) is 6.61 Å².